The molecule has 118 valence electrons. The molecule has 2 aromatic rings. The van der Waals surface area contributed by atoms with E-state index in [1.165, 1.54) is 29.1 Å². The van der Waals surface area contributed by atoms with E-state index >= 15 is 0 Å². The maximum absolute atomic E-state index is 5.45. The van der Waals surface area contributed by atoms with E-state index in [9.17, 15) is 0 Å². The Morgan fingerprint density at radius 1 is 1.41 bits per heavy atom. The van der Waals surface area contributed by atoms with Crippen LogP contribution < -0.4 is 0 Å². The second-order valence-electron chi connectivity index (χ2n) is 6.42. The van der Waals surface area contributed by atoms with E-state index in [1.807, 2.05) is 6.20 Å². The van der Waals surface area contributed by atoms with Gasteiger partial charge in [-0.3, -0.25) is 9.58 Å². The fourth-order valence-corrected chi connectivity index (χ4v) is 3.97. The van der Waals surface area contributed by atoms with Crippen LogP contribution in [0.3, 0.4) is 0 Å². The molecule has 1 fully saturated rings. The van der Waals surface area contributed by atoms with Crippen molar-refractivity contribution >= 4 is 11.3 Å². The summed E-state index contributed by atoms with van der Waals surface area (Å²) in [5.74, 6) is 1.26. The second kappa shape index (κ2) is 6.10. The molecule has 22 heavy (non-hydrogen) atoms. The maximum atomic E-state index is 5.45. The topological polar surface area (TPSA) is 43.2 Å². The van der Waals surface area contributed by atoms with Crippen molar-refractivity contribution in [2.24, 2.45) is 5.92 Å². The van der Waals surface area contributed by atoms with E-state index in [1.54, 1.807) is 18.4 Å². The van der Waals surface area contributed by atoms with Crippen molar-refractivity contribution in [1.29, 1.82) is 0 Å². The van der Waals surface area contributed by atoms with Crippen LogP contribution in [0, 0.1) is 5.92 Å². The summed E-state index contributed by atoms with van der Waals surface area (Å²) in [7, 11) is 1.79. The minimum Gasteiger partial charge on any atom is -0.384 e. The molecule has 3 heterocycles. The number of aromatic nitrogens is 3. The zero-order valence-corrected chi connectivity index (χ0v) is 13.8. The predicted molar refractivity (Wildman–Crippen MR) is 85.8 cm³/mol. The Hall–Kier alpha value is -1.24. The normalized spacial score (nSPS) is 22.0. The van der Waals surface area contributed by atoms with Crippen LogP contribution in [0.15, 0.2) is 17.8 Å². The third-order valence-electron chi connectivity index (χ3n) is 4.61. The summed E-state index contributed by atoms with van der Waals surface area (Å²) in [5.41, 5.74) is 2.77. The van der Waals surface area contributed by atoms with Crippen LogP contribution in [0.25, 0.3) is 0 Å². The summed E-state index contributed by atoms with van der Waals surface area (Å²) < 4.78 is 7.69. The first-order valence-corrected chi connectivity index (χ1v) is 8.85. The molecule has 1 saturated carbocycles. The van der Waals surface area contributed by atoms with Crippen molar-refractivity contribution in [3.63, 3.8) is 0 Å². The van der Waals surface area contributed by atoms with Crippen LogP contribution in [0.5, 0.6) is 0 Å². The van der Waals surface area contributed by atoms with E-state index in [0.29, 0.717) is 5.92 Å². The molecule has 2 aliphatic rings. The summed E-state index contributed by atoms with van der Waals surface area (Å²) in [5, 5.41) is 7.90. The molecular formula is C16H22N4OS. The number of hydrogen-bond acceptors (Lipinski definition) is 5. The molecule has 0 amide bonds. The van der Waals surface area contributed by atoms with E-state index in [-0.39, 0.29) is 0 Å². The number of rotatable bonds is 6. The minimum atomic E-state index is 0.418. The highest BCUT2D eigenvalue weighted by molar-refractivity contribution is 7.09. The summed E-state index contributed by atoms with van der Waals surface area (Å²) in [6.07, 6.45) is 6.68. The zero-order chi connectivity index (χ0) is 14.9. The molecule has 1 aliphatic carbocycles. The van der Waals surface area contributed by atoms with E-state index in [0.717, 1.165) is 38.7 Å². The van der Waals surface area contributed by atoms with Crippen LogP contribution in [-0.2, 0) is 24.4 Å². The molecule has 0 aromatic carbocycles. The summed E-state index contributed by atoms with van der Waals surface area (Å²) in [4.78, 5) is 6.91. The molecule has 0 saturated heterocycles. The van der Waals surface area contributed by atoms with E-state index in [2.05, 4.69) is 31.2 Å². The Kier molecular flexibility index (Phi) is 3.98. The van der Waals surface area contributed by atoms with Gasteiger partial charge in [-0.2, -0.15) is 5.10 Å². The molecule has 0 spiro atoms. The van der Waals surface area contributed by atoms with Gasteiger partial charge in [0.15, 0.2) is 0 Å². The SMILES string of the molecule is COC[C@@H]1CN(Cc2nccs2)Cc2c1cnn2CC1CC1. The van der Waals surface area contributed by atoms with Crippen LogP contribution >= 0.6 is 11.3 Å². The largest absolute Gasteiger partial charge is 0.384 e. The Bertz CT molecular complexity index is 620. The number of nitrogens with zero attached hydrogens (tertiary/aromatic N) is 4. The van der Waals surface area contributed by atoms with Gasteiger partial charge in [0.1, 0.15) is 5.01 Å². The highest BCUT2D eigenvalue weighted by atomic mass is 32.1. The van der Waals surface area contributed by atoms with Gasteiger partial charge in [-0.05, 0) is 18.8 Å². The first-order valence-electron chi connectivity index (χ1n) is 7.97. The predicted octanol–water partition coefficient (Wildman–Crippen LogP) is 2.50. The highest BCUT2D eigenvalue weighted by Crippen LogP contribution is 2.34. The van der Waals surface area contributed by atoms with Crippen LogP contribution in [0.2, 0.25) is 0 Å². The summed E-state index contributed by atoms with van der Waals surface area (Å²) in [6.45, 7) is 4.76. The van der Waals surface area contributed by atoms with Gasteiger partial charge >= 0.3 is 0 Å². The molecule has 4 rings (SSSR count). The van der Waals surface area contributed by atoms with Crippen molar-refractivity contribution in [3.8, 4) is 0 Å². The Balaban J connectivity index is 1.56. The maximum Gasteiger partial charge on any atom is 0.107 e. The van der Waals surface area contributed by atoms with Crippen LogP contribution in [0.1, 0.15) is 35.0 Å². The third kappa shape index (κ3) is 2.95. The van der Waals surface area contributed by atoms with Crippen LogP contribution in [-0.4, -0.2) is 39.9 Å². The van der Waals surface area contributed by atoms with Gasteiger partial charge in [-0.15, -0.1) is 11.3 Å². The van der Waals surface area contributed by atoms with Crippen molar-refractivity contribution in [2.75, 3.05) is 20.3 Å². The molecule has 5 nitrogen and oxygen atoms in total. The van der Waals surface area contributed by atoms with Gasteiger partial charge in [0.2, 0.25) is 0 Å². The first-order chi connectivity index (χ1) is 10.8. The highest BCUT2D eigenvalue weighted by Gasteiger charge is 2.31. The average molecular weight is 318 g/mol. The fraction of sp³-hybridized carbons (Fsp3) is 0.625. The molecule has 0 N–H and O–H groups in total. The number of thiazole rings is 1. The lowest BCUT2D eigenvalue weighted by Crippen LogP contribution is -2.35. The van der Waals surface area contributed by atoms with Gasteiger partial charge in [-0.1, -0.05) is 0 Å². The standard InChI is InChI=1S/C16H22N4OS/c1-21-11-13-8-19(10-16-17-4-5-22-16)9-15-14(13)6-18-20(15)7-12-2-3-12/h4-6,12-13H,2-3,7-11H2,1H3/t13-/m0/s1. The van der Waals surface area contributed by atoms with Crippen molar-refractivity contribution in [2.45, 2.75) is 38.4 Å². The van der Waals surface area contributed by atoms with Crippen molar-refractivity contribution in [1.82, 2.24) is 19.7 Å². The lowest BCUT2D eigenvalue weighted by molar-refractivity contribution is 0.134. The Morgan fingerprint density at radius 2 is 2.32 bits per heavy atom. The number of fused-ring (bicyclic) bond motifs is 1. The average Bonchev–Trinajstić information content (AvgIpc) is 3.01. The molecule has 2 aromatic heterocycles. The van der Waals surface area contributed by atoms with Gasteiger partial charge in [-0.25, -0.2) is 4.98 Å². The third-order valence-corrected chi connectivity index (χ3v) is 5.38. The zero-order valence-electron chi connectivity index (χ0n) is 12.9. The molecule has 1 atom stereocenters. The smallest absolute Gasteiger partial charge is 0.107 e. The second-order valence-corrected chi connectivity index (χ2v) is 7.40. The number of ether oxygens (including phenoxy) is 1. The molecule has 0 unspecified atom stereocenters. The quantitative estimate of drug-likeness (QED) is 0.821. The summed E-state index contributed by atoms with van der Waals surface area (Å²) in [6, 6.07) is 0. The monoisotopic (exact) mass is 318 g/mol. The fourth-order valence-electron chi connectivity index (χ4n) is 3.31. The van der Waals surface area contributed by atoms with E-state index < -0.39 is 0 Å². The van der Waals surface area contributed by atoms with E-state index in [4.69, 9.17) is 4.74 Å². The Labute approximate surface area is 134 Å². The molecule has 6 heteroatoms. The Morgan fingerprint density at radius 3 is 3.05 bits per heavy atom. The van der Waals surface area contributed by atoms with Gasteiger partial charge in [0.05, 0.1) is 25.0 Å². The van der Waals surface area contributed by atoms with Gasteiger partial charge in [0.25, 0.3) is 0 Å². The lowest BCUT2D eigenvalue weighted by atomic mass is 9.95. The number of hydrogen-bond donors (Lipinski definition) is 0. The molecule has 0 bridgehead atoms. The van der Waals surface area contributed by atoms with Gasteiger partial charge < -0.3 is 4.74 Å². The number of methoxy groups -OCH3 is 1. The summed E-state index contributed by atoms with van der Waals surface area (Å²) >= 11 is 1.73. The lowest BCUT2D eigenvalue weighted by Gasteiger charge is -2.32. The first kappa shape index (κ1) is 14.4. The van der Waals surface area contributed by atoms with Crippen LogP contribution in [0.4, 0.5) is 0 Å². The van der Waals surface area contributed by atoms with Gasteiger partial charge in [0, 0.05) is 49.8 Å². The van der Waals surface area contributed by atoms with Crippen molar-refractivity contribution in [3.05, 3.63) is 34.0 Å². The molecule has 1 aliphatic heterocycles. The molecular weight excluding hydrogens is 296 g/mol. The minimum absolute atomic E-state index is 0.418. The molecule has 0 radical (unpaired) electrons. The van der Waals surface area contributed by atoms with Crippen molar-refractivity contribution < 1.29 is 4.74 Å².